The number of benzene rings is 1. The summed E-state index contributed by atoms with van der Waals surface area (Å²) in [6.45, 7) is 3.61. The molecule has 7 nitrogen and oxygen atoms in total. The fourth-order valence-corrected chi connectivity index (χ4v) is 2.50. The molecule has 1 aromatic heterocycles. The van der Waals surface area contributed by atoms with Crippen LogP contribution < -0.4 is 10.6 Å². The van der Waals surface area contributed by atoms with E-state index < -0.39 is 6.04 Å². The Morgan fingerprint density at radius 1 is 1.26 bits per heavy atom. The Morgan fingerprint density at radius 2 is 2.00 bits per heavy atom. The predicted octanol–water partition coefficient (Wildman–Crippen LogP) is 2.11. The van der Waals surface area contributed by atoms with Crippen molar-refractivity contribution in [2.45, 2.75) is 19.9 Å². The number of hydrogen-bond acceptors (Lipinski definition) is 5. The molecule has 2 N–H and O–H groups in total. The van der Waals surface area contributed by atoms with Gasteiger partial charge in [-0.25, -0.2) is 4.79 Å². The number of carbonyl (C=O) groups excluding carboxylic acids is 2. The lowest BCUT2D eigenvalue weighted by molar-refractivity contribution is -0.117. The number of rotatable bonds is 4. The zero-order valence-electron chi connectivity index (χ0n) is 13.5. The van der Waals surface area contributed by atoms with Crippen LogP contribution in [-0.4, -0.2) is 47.2 Å². The second kappa shape index (κ2) is 7.19. The first kappa shape index (κ1) is 16.9. The highest BCUT2D eigenvalue weighted by Crippen LogP contribution is 2.26. The van der Waals surface area contributed by atoms with Crippen molar-refractivity contribution in [2.75, 3.05) is 19.4 Å². The first-order valence-electron chi connectivity index (χ1n) is 7.06. The van der Waals surface area contributed by atoms with Crippen LogP contribution >= 0.6 is 11.3 Å². The van der Waals surface area contributed by atoms with Crippen LogP contribution in [0, 0.1) is 6.92 Å². The highest BCUT2D eigenvalue weighted by Gasteiger charge is 2.18. The molecule has 2 rings (SSSR count). The summed E-state index contributed by atoms with van der Waals surface area (Å²) in [6, 6.07) is 6.90. The van der Waals surface area contributed by atoms with E-state index in [0.29, 0.717) is 5.13 Å². The normalized spacial score (nSPS) is 11.7. The molecular formula is C15H19N5O2S. The van der Waals surface area contributed by atoms with E-state index >= 15 is 0 Å². The van der Waals surface area contributed by atoms with Crippen LogP contribution in [-0.2, 0) is 4.79 Å². The van der Waals surface area contributed by atoms with Gasteiger partial charge in [-0.1, -0.05) is 35.1 Å². The summed E-state index contributed by atoms with van der Waals surface area (Å²) < 4.78 is 0. The van der Waals surface area contributed by atoms with Crippen LogP contribution in [0.5, 0.6) is 0 Å². The Bertz CT molecular complexity index is 713. The standard InChI is InChI=1S/C15H19N5O2S/c1-9-6-5-7-11(8-9)13-18-19-14(23-13)17-12(21)10(2)16-15(22)20(3)4/h5-8,10H,1-4H3,(H,16,22)(H,17,19,21). The van der Waals surface area contributed by atoms with Crippen molar-refractivity contribution in [3.8, 4) is 10.6 Å². The molecule has 1 unspecified atom stereocenters. The van der Waals surface area contributed by atoms with Gasteiger partial charge in [-0.2, -0.15) is 0 Å². The van der Waals surface area contributed by atoms with E-state index in [9.17, 15) is 9.59 Å². The van der Waals surface area contributed by atoms with Crippen molar-refractivity contribution in [3.05, 3.63) is 29.8 Å². The number of nitrogens with zero attached hydrogens (tertiary/aromatic N) is 3. The zero-order chi connectivity index (χ0) is 17.0. The molecule has 1 atom stereocenters. The number of urea groups is 1. The molecule has 0 radical (unpaired) electrons. The highest BCUT2D eigenvalue weighted by atomic mass is 32.1. The van der Waals surface area contributed by atoms with Gasteiger partial charge < -0.3 is 10.2 Å². The van der Waals surface area contributed by atoms with Crippen molar-refractivity contribution in [2.24, 2.45) is 0 Å². The third kappa shape index (κ3) is 4.49. The lowest BCUT2D eigenvalue weighted by atomic mass is 10.1. The molecule has 3 amide bonds. The molecule has 0 aliphatic heterocycles. The minimum Gasteiger partial charge on any atom is -0.331 e. The Kier molecular flexibility index (Phi) is 5.28. The quantitative estimate of drug-likeness (QED) is 0.897. The lowest BCUT2D eigenvalue weighted by Gasteiger charge is -2.16. The molecule has 23 heavy (non-hydrogen) atoms. The molecule has 0 saturated carbocycles. The minimum absolute atomic E-state index is 0.328. The first-order chi connectivity index (χ1) is 10.9. The second-order valence-corrected chi connectivity index (χ2v) is 6.31. The number of carbonyl (C=O) groups is 2. The summed E-state index contributed by atoms with van der Waals surface area (Å²) in [5.41, 5.74) is 2.08. The SMILES string of the molecule is Cc1cccc(-c2nnc(NC(=O)C(C)NC(=O)N(C)C)s2)c1. The number of nitrogens with one attached hydrogen (secondary N) is 2. The fraction of sp³-hybridized carbons (Fsp3) is 0.333. The van der Waals surface area contributed by atoms with E-state index in [4.69, 9.17) is 0 Å². The minimum atomic E-state index is -0.670. The molecule has 8 heteroatoms. The molecule has 0 spiro atoms. The van der Waals surface area contributed by atoms with Gasteiger partial charge in [-0.15, -0.1) is 10.2 Å². The van der Waals surface area contributed by atoms with E-state index in [1.54, 1.807) is 21.0 Å². The van der Waals surface area contributed by atoms with Crippen molar-refractivity contribution in [1.82, 2.24) is 20.4 Å². The third-order valence-electron chi connectivity index (χ3n) is 3.06. The van der Waals surface area contributed by atoms with Gasteiger partial charge in [0.25, 0.3) is 0 Å². The average Bonchev–Trinajstić information content (AvgIpc) is 2.95. The summed E-state index contributed by atoms with van der Waals surface area (Å²) in [5.74, 6) is -0.341. The molecule has 0 aliphatic rings. The van der Waals surface area contributed by atoms with Gasteiger partial charge in [0.1, 0.15) is 11.0 Å². The van der Waals surface area contributed by atoms with Gasteiger partial charge in [-0.3, -0.25) is 10.1 Å². The fourth-order valence-electron chi connectivity index (χ4n) is 1.76. The van der Waals surface area contributed by atoms with Gasteiger partial charge >= 0.3 is 6.03 Å². The molecule has 1 aromatic carbocycles. The van der Waals surface area contributed by atoms with Gasteiger partial charge in [0.2, 0.25) is 11.0 Å². The van der Waals surface area contributed by atoms with Gasteiger partial charge in [0.15, 0.2) is 0 Å². The molecule has 0 saturated heterocycles. The highest BCUT2D eigenvalue weighted by molar-refractivity contribution is 7.18. The maximum atomic E-state index is 12.1. The van der Waals surface area contributed by atoms with Crippen molar-refractivity contribution in [3.63, 3.8) is 0 Å². The van der Waals surface area contributed by atoms with E-state index in [2.05, 4.69) is 20.8 Å². The monoisotopic (exact) mass is 333 g/mol. The summed E-state index contributed by atoms with van der Waals surface area (Å²) in [4.78, 5) is 25.0. The smallest absolute Gasteiger partial charge is 0.317 e. The number of aromatic nitrogens is 2. The summed E-state index contributed by atoms with van der Waals surface area (Å²) in [7, 11) is 3.22. The van der Waals surface area contributed by atoms with Crippen LogP contribution in [0.2, 0.25) is 0 Å². The number of amides is 3. The average molecular weight is 333 g/mol. The zero-order valence-corrected chi connectivity index (χ0v) is 14.3. The molecule has 0 fully saturated rings. The van der Waals surface area contributed by atoms with Crippen molar-refractivity contribution >= 4 is 28.4 Å². The first-order valence-corrected chi connectivity index (χ1v) is 7.87. The Morgan fingerprint density at radius 3 is 2.65 bits per heavy atom. The molecule has 0 bridgehead atoms. The predicted molar refractivity (Wildman–Crippen MR) is 90.4 cm³/mol. The van der Waals surface area contributed by atoms with E-state index in [1.807, 2.05) is 31.2 Å². The molecule has 122 valence electrons. The Labute approximate surface area is 138 Å². The molecule has 2 aromatic rings. The largest absolute Gasteiger partial charge is 0.331 e. The van der Waals surface area contributed by atoms with Crippen LogP contribution in [0.3, 0.4) is 0 Å². The molecule has 0 aliphatic carbocycles. The van der Waals surface area contributed by atoms with Crippen molar-refractivity contribution in [1.29, 1.82) is 0 Å². The molecule has 1 heterocycles. The van der Waals surface area contributed by atoms with Crippen LogP contribution in [0.4, 0.5) is 9.93 Å². The van der Waals surface area contributed by atoms with E-state index in [0.717, 1.165) is 16.1 Å². The van der Waals surface area contributed by atoms with Crippen molar-refractivity contribution < 1.29 is 9.59 Å². The number of aryl methyl sites for hydroxylation is 1. The van der Waals surface area contributed by atoms with Crippen LogP contribution in [0.1, 0.15) is 12.5 Å². The maximum absolute atomic E-state index is 12.1. The van der Waals surface area contributed by atoms with Gasteiger partial charge in [0, 0.05) is 19.7 Å². The van der Waals surface area contributed by atoms with Gasteiger partial charge in [-0.05, 0) is 19.9 Å². The summed E-state index contributed by atoms with van der Waals surface area (Å²) >= 11 is 1.29. The van der Waals surface area contributed by atoms with Crippen LogP contribution in [0.25, 0.3) is 10.6 Å². The van der Waals surface area contributed by atoms with Gasteiger partial charge in [0.05, 0.1) is 0 Å². The maximum Gasteiger partial charge on any atom is 0.317 e. The second-order valence-electron chi connectivity index (χ2n) is 5.34. The lowest BCUT2D eigenvalue weighted by Crippen LogP contribution is -2.45. The third-order valence-corrected chi connectivity index (χ3v) is 3.95. The Balaban J connectivity index is 2.01. The van der Waals surface area contributed by atoms with E-state index in [-0.39, 0.29) is 11.9 Å². The Hall–Kier alpha value is -2.48. The van der Waals surface area contributed by atoms with E-state index in [1.165, 1.54) is 16.2 Å². The summed E-state index contributed by atoms with van der Waals surface area (Å²) in [6.07, 6.45) is 0. The summed E-state index contributed by atoms with van der Waals surface area (Å²) in [5, 5.41) is 14.4. The number of anilines is 1. The molecular weight excluding hydrogens is 314 g/mol. The number of hydrogen-bond donors (Lipinski definition) is 2. The topological polar surface area (TPSA) is 87.2 Å². The van der Waals surface area contributed by atoms with Crippen LogP contribution in [0.15, 0.2) is 24.3 Å².